The lowest BCUT2D eigenvalue weighted by Crippen LogP contribution is -2.39. The van der Waals surface area contributed by atoms with Gasteiger partial charge in [-0.3, -0.25) is 0 Å². The van der Waals surface area contributed by atoms with Crippen molar-refractivity contribution >= 4 is 15.9 Å². The number of benzene rings is 1. The van der Waals surface area contributed by atoms with E-state index in [0.717, 1.165) is 35.0 Å². The SMILES string of the molecule is CNCC1(Cc2cc(Br)ccc2OC)CC2CCC1C2. The fourth-order valence-electron chi connectivity index (χ4n) is 4.67. The zero-order chi connectivity index (χ0) is 14.2. The van der Waals surface area contributed by atoms with Gasteiger partial charge in [-0.1, -0.05) is 22.4 Å². The van der Waals surface area contributed by atoms with Crippen molar-refractivity contribution in [2.45, 2.75) is 32.1 Å². The first-order valence-corrected chi connectivity index (χ1v) is 8.43. The fourth-order valence-corrected chi connectivity index (χ4v) is 5.08. The lowest BCUT2D eigenvalue weighted by Gasteiger charge is -2.38. The number of hydrogen-bond acceptors (Lipinski definition) is 2. The molecular formula is C17H24BrNO. The van der Waals surface area contributed by atoms with Gasteiger partial charge in [-0.15, -0.1) is 0 Å². The summed E-state index contributed by atoms with van der Waals surface area (Å²) < 4.78 is 6.72. The van der Waals surface area contributed by atoms with E-state index in [1.54, 1.807) is 7.11 Å². The van der Waals surface area contributed by atoms with E-state index in [-0.39, 0.29) is 0 Å². The van der Waals surface area contributed by atoms with Crippen LogP contribution in [0.1, 0.15) is 31.2 Å². The maximum absolute atomic E-state index is 5.57. The van der Waals surface area contributed by atoms with Crippen LogP contribution in [0.3, 0.4) is 0 Å². The monoisotopic (exact) mass is 337 g/mol. The van der Waals surface area contributed by atoms with Crippen molar-refractivity contribution in [2.24, 2.45) is 17.3 Å². The molecule has 20 heavy (non-hydrogen) atoms. The average Bonchev–Trinajstić information content (AvgIpc) is 3.00. The number of methoxy groups -OCH3 is 1. The van der Waals surface area contributed by atoms with Gasteiger partial charge in [0, 0.05) is 11.0 Å². The number of ether oxygens (including phenoxy) is 1. The van der Waals surface area contributed by atoms with Crippen molar-refractivity contribution in [3.63, 3.8) is 0 Å². The van der Waals surface area contributed by atoms with Gasteiger partial charge in [0.15, 0.2) is 0 Å². The molecule has 110 valence electrons. The lowest BCUT2D eigenvalue weighted by atomic mass is 9.69. The maximum Gasteiger partial charge on any atom is 0.122 e. The van der Waals surface area contributed by atoms with Gasteiger partial charge in [0.2, 0.25) is 0 Å². The Hall–Kier alpha value is -0.540. The number of halogens is 1. The molecule has 3 atom stereocenters. The Kier molecular flexibility index (Phi) is 4.09. The molecule has 0 radical (unpaired) electrons. The second kappa shape index (κ2) is 5.69. The molecule has 2 saturated carbocycles. The van der Waals surface area contributed by atoms with Gasteiger partial charge in [0.05, 0.1) is 7.11 Å². The summed E-state index contributed by atoms with van der Waals surface area (Å²) in [5.41, 5.74) is 1.79. The van der Waals surface area contributed by atoms with Crippen molar-refractivity contribution in [1.29, 1.82) is 0 Å². The lowest BCUT2D eigenvalue weighted by molar-refractivity contribution is 0.158. The highest BCUT2D eigenvalue weighted by molar-refractivity contribution is 9.10. The predicted octanol–water partition coefficient (Wildman–Crippen LogP) is 4.03. The molecule has 0 saturated heterocycles. The minimum Gasteiger partial charge on any atom is -0.496 e. The molecule has 2 fully saturated rings. The molecule has 0 amide bonds. The van der Waals surface area contributed by atoms with E-state index in [4.69, 9.17) is 4.74 Å². The van der Waals surface area contributed by atoms with Crippen molar-refractivity contribution in [3.8, 4) is 5.75 Å². The van der Waals surface area contributed by atoms with Crippen molar-refractivity contribution in [3.05, 3.63) is 28.2 Å². The summed E-state index contributed by atoms with van der Waals surface area (Å²) in [7, 11) is 3.87. The summed E-state index contributed by atoms with van der Waals surface area (Å²) in [4.78, 5) is 0. The topological polar surface area (TPSA) is 21.3 Å². The van der Waals surface area contributed by atoms with Crippen molar-refractivity contribution in [2.75, 3.05) is 20.7 Å². The summed E-state index contributed by atoms with van der Waals surface area (Å²) in [6, 6.07) is 6.38. The Bertz CT molecular complexity index is 490. The summed E-state index contributed by atoms with van der Waals surface area (Å²) in [5, 5.41) is 3.46. The third-order valence-corrected chi connectivity index (χ3v) is 5.91. The number of rotatable bonds is 5. The molecule has 0 aliphatic heterocycles. The first-order chi connectivity index (χ1) is 9.66. The third-order valence-electron chi connectivity index (χ3n) is 5.42. The first kappa shape index (κ1) is 14.4. The molecule has 1 aromatic carbocycles. The zero-order valence-electron chi connectivity index (χ0n) is 12.4. The van der Waals surface area contributed by atoms with Crippen LogP contribution in [0.4, 0.5) is 0 Å². The molecule has 2 aliphatic carbocycles. The molecule has 0 aromatic heterocycles. The van der Waals surface area contributed by atoms with Gasteiger partial charge in [0.25, 0.3) is 0 Å². The molecule has 0 spiro atoms. The van der Waals surface area contributed by atoms with Gasteiger partial charge in [-0.2, -0.15) is 0 Å². The van der Waals surface area contributed by atoms with Crippen LogP contribution in [0.2, 0.25) is 0 Å². The molecule has 2 nitrogen and oxygen atoms in total. The Morgan fingerprint density at radius 1 is 1.40 bits per heavy atom. The van der Waals surface area contributed by atoms with Crippen LogP contribution in [-0.4, -0.2) is 20.7 Å². The van der Waals surface area contributed by atoms with Crippen LogP contribution in [0, 0.1) is 17.3 Å². The van der Waals surface area contributed by atoms with Crippen LogP contribution >= 0.6 is 15.9 Å². The maximum atomic E-state index is 5.57. The molecule has 3 unspecified atom stereocenters. The second-order valence-electron chi connectivity index (χ2n) is 6.61. The van der Waals surface area contributed by atoms with Crippen LogP contribution in [-0.2, 0) is 6.42 Å². The van der Waals surface area contributed by atoms with Gasteiger partial charge < -0.3 is 10.1 Å². The fraction of sp³-hybridized carbons (Fsp3) is 0.647. The van der Waals surface area contributed by atoms with E-state index in [1.165, 1.54) is 31.2 Å². The molecule has 3 rings (SSSR count). The van der Waals surface area contributed by atoms with Gasteiger partial charge in [0.1, 0.15) is 5.75 Å². The zero-order valence-corrected chi connectivity index (χ0v) is 14.0. The largest absolute Gasteiger partial charge is 0.496 e. The summed E-state index contributed by atoms with van der Waals surface area (Å²) in [6.45, 7) is 1.13. The van der Waals surface area contributed by atoms with Gasteiger partial charge >= 0.3 is 0 Å². The van der Waals surface area contributed by atoms with Crippen molar-refractivity contribution in [1.82, 2.24) is 5.32 Å². The van der Waals surface area contributed by atoms with E-state index in [0.29, 0.717) is 5.41 Å². The Morgan fingerprint density at radius 3 is 2.85 bits per heavy atom. The van der Waals surface area contributed by atoms with Crippen LogP contribution in [0.5, 0.6) is 5.75 Å². The van der Waals surface area contributed by atoms with Crippen LogP contribution in [0.15, 0.2) is 22.7 Å². The first-order valence-electron chi connectivity index (χ1n) is 7.64. The Balaban J connectivity index is 1.89. The molecule has 2 bridgehead atoms. The Labute approximate surface area is 130 Å². The van der Waals surface area contributed by atoms with E-state index >= 15 is 0 Å². The minimum absolute atomic E-state index is 0.436. The molecule has 3 heteroatoms. The standard InChI is InChI=1S/C17H24BrNO/c1-19-11-17(9-12-3-4-14(17)7-12)10-13-8-15(18)5-6-16(13)20-2/h5-6,8,12,14,19H,3-4,7,9-11H2,1-2H3. The Morgan fingerprint density at radius 2 is 2.25 bits per heavy atom. The predicted molar refractivity (Wildman–Crippen MR) is 86.2 cm³/mol. The quantitative estimate of drug-likeness (QED) is 0.875. The average molecular weight is 338 g/mol. The van der Waals surface area contributed by atoms with Gasteiger partial charge in [-0.25, -0.2) is 0 Å². The summed E-state index contributed by atoms with van der Waals surface area (Å²) in [5.74, 6) is 2.89. The molecular weight excluding hydrogens is 314 g/mol. The van der Waals surface area contributed by atoms with E-state index < -0.39 is 0 Å². The molecule has 2 aliphatic rings. The highest BCUT2D eigenvalue weighted by Crippen LogP contribution is 2.57. The van der Waals surface area contributed by atoms with Gasteiger partial charge in [-0.05, 0) is 73.7 Å². The third kappa shape index (κ3) is 2.50. The minimum atomic E-state index is 0.436. The van der Waals surface area contributed by atoms with E-state index in [9.17, 15) is 0 Å². The van der Waals surface area contributed by atoms with Crippen LogP contribution < -0.4 is 10.1 Å². The number of nitrogens with one attached hydrogen (secondary N) is 1. The number of fused-ring (bicyclic) bond motifs is 2. The second-order valence-corrected chi connectivity index (χ2v) is 7.52. The molecule has 1 aromatic rings. The van der Waals surface area contributed by atoms with Crippen molar-refractivity contribution < 1.29 is 4.74 Å². The smallest absolute Gasteiger partial charge is 0.122 e. The molecule has 1 N–H and O–H groups in total. The van der Waals surface area contributed by atoms with E-state index in [1.807, 2.05) is 0 Å². The van der Waals surface area contributed by atoms with Crippen LogP contribution in [0.25, 0.3) is 0 Å². The highest BCUT2D eigenvalue weighted by atomic mass is 79.9. The summed E-state index contributed by atoms with van der Waals surface area (Å²) >= 11 is 3.60. The van der Waals surface area contributed by atoms with E-state index in [2.05, 4.69) is 46.5 Å². The normalized spacial score (nSPS) is 31.8. The number of hydrogen-bond donors (Lipinski definition) is 1. The molecule has 0 heterocycles. The summed E-state index contributed by atoms with van der Waals surface area (Å²) in [6.07, 6.45) is 6.83. The highest BCUT2D eigenvalue weighted by Gasteiger charge is 2.50.